The standard InChI is InChI=1S/C19H17ClN2O4S/c20-14-6-7-17-16(12-14)18(27(24,25)15-4-2-1-3-5-15)13-22(17)19(23)21-8-10-26-11-9-21/h1-7,12-13H,8-11H2. The number of rotatable bonds is 2. The van der Waals surface area contributed by atoms with Crippen LogP contribution in [0.15, 0.2) is 64.5 Å². The first-order chi connectivity index (χ1) is 13.0. The highest BCUT2D eigenvalue weighted by molar-refractivity contribution is 7.91. The van der Waals surface area contributed by atoms with Crippen molar-refractivity contribution in [3.63, 3.8) is 0 Å². The molecule has 3 aromatic rings. The van der Waals surface area contributed by atoms with E-state index in [2.05, 4.69) is 0 Å². The molecule has 0 saturated carbocycles. The number of nitrogens with zero attached hydrogens (tertiary/aromatic N) is 2. The Labute approximate surface area is 161 Å². The van der Waals surface area contributed by atoms with Gasteiger partial charge in [-0.15, -0.1) is 0 Å². The fraction of sp³-hybridized carbons (Fsp3) is 0.211. The topological polar surface area (TPSA) is 68.6 Å². The molecular weight excluding hydrogens is 388 g/mol. The third-order valence-corrected chi connectivity index (χ3v) is 6.59. The van der Waals surface area contributed by atoms with Crippen molar-refractivity contribution in [3.8, 4) is 0 Å². The first-order valence-corrected chi connectivity index (χ1v) is 10.3. The van der Waals surface area contributed by atoms with Crippen LogP contribution < -0.4 is 0 Å². The molecule has 0 spiro atoms. The molecule has 1 aromatic heterocycles. The van der Waals surface area contributed by atoms with Gasteiger partial charge in [0.15, 0.2) is 0 Å². The van der Waals surface area contributed by atoms with E-state index < -0.39 is 9.84 Å². The van der Waals surface area contributed by atoms with E-state index in [1.54, 1.807) is 41.3 Å². The van der Waals surface area contributed by atoms with Gasteiger partial charge in [-0.1, -0.05) is 29.8 Å². The molecular formula is C19H17ClN2O4S. The van der Waals surface area contributed by atoms with Crippen LogP contribution in [0, 0.1) is 0 Å². The van der Waals surface area contributed by atoms with Crippen molar-refractivity contribution < 1.29 is 17.9 Å². The van der Waals surface area contributed by atoms with Gasteiger partial charge in [-0.2, -0.15) is 0 Å². The first-order valence-electron chi connectivity index (χ1n) is 8.46. The van der Waals surface area contributed by atoms with Crippen molar-refractivity contribution in [3.05, 3.63) is 59.8 Å². The summed E-state index contributed by atoms with van der Waals surface area (Å²) in [4.78, 5) is 14.9. The van der Waals surface area contributed by atoms with Gasteiger partial charge in [0.1, 0.15) is 0 Å². The molecule has 1 aliphatic heterocycles. The van der Waals surface area contributed by atoms with Gasteiger partial charge in [0, 0.05) is 29.7 Å². The molecule has 27 heavy (non-hydrogen) atoms. The largest absolute Gasteiger partial charge is 0.378 e. The monoisotopic (exact) mass is 404 g/mol. The minimum absolute atomic E-state index is 0.0628. The quantitative estimate of drug-likeness (QED) is 0.656. The number of carbonyl (C=O) groups is 1. The molecule has 0 radical (unpaired) electrons. The predicted octanol–water partition coefficient (Wildman–Crippen LogP) is 3.43. The SMILES string of the molecule is O=C(N1CCOCC1)n1cc(S(=O)(=O)c2ccccc2)c2cc(Cl)ccc21. The molecule has 1 fully saturated rings. The molecule has 1 amide bonds. The Kier molecular flexibility index (Phi) is 4.67. The number of halogens is 1. The number of hydrogen-bond donors (Lipinski definition) is 0. The van der Waals surface area contributed by atoms with Crippen molar-refractivity contribution in [2.45, 2.75) is 9.79 Å². The number of fused-ring (bicyclic) bond motifs is 1. The maximum Gasteiger partial charge on any atom is 0.328 e. The normalized spacial score (nSPS) is 15.2. The van der Waals surface area contributed by atoms with Crippen LogP contribution in [0.4, 0.5) is 4.79 Å². The van der Waals surface area contributed by atoms with Crippen LogP contribution in [-0.2, 0) is 14.6 Å². The summed E-state index contributed by atoms with van der Waals surface area (Å²) in [5.41, 5.74) is 0.505. The number of hydrogen-bond acceptors (Lipinski definition) is 4. The molecule has 1 aliphatic rings. The second-order valence-electron chi connectivity index (χ2n) is 6.22. The molecule has 1 saturated heterocycles. The number of sulfone groups is 1. The summed E-state index contributed by atoms with van der Waals surface area (Å²) >= 11 is 6.11. The highest BCUT2D eigenvalue weighted by atomic mass is 35.5. The smallest absolute Gasteiger partial charge is 0.328 e. The zero-order valence-electron chi connectivity index (χ0n) is 14.3. The lowest BCUT2D eigenvalue weighted by Crippen LogP contribution is -2.42. The molecule has 2 aromatic carbocycles. The van der Waals surface area contributed by atoms with Crippen LogP contribution >= 0.6 is 11.6 Å². The number of carbonyl (C=O) groups excluding carboxylic acids is 1. The van der Waals surface area contributed by atoms with Crippen LogP contribution in [0.2, 0.25) is 5.02 Å². The summed E-state index contributed by atoms with van der Waals surface area (Å²) in [5, 5.41) is 0.830. The van der Waals surface area contributed by atoms with Gasteiger partial charge in [0.25, 0.3) is 0 Å². The first kappa shape index (κ1) is 18.0. The lowest BCUT2D eigenvalue weighted by atomic mass is 10.2. The number of morpholine rings is 1. The number of benzene rings is 2. The number of amides is 1. The van der Waals surface area contributed by atoms with Gasteiger partial charge < -0.3 is 9.64 Å². The Bertz CT molecular complexity index is 1100. The zero-order valence-corrected chi connectivity index (χ0v) is 15.9. The summed E-state index contributed by atoms with van der Waals surface area (Å²) in [6.07, 6.45) is 1.39. The molecule has 0 unspecified atom stereocenters. The number of ether oxygens (including phenoxy) is 1. The maximum absolute atomic E-state index is 13.2. The van der Waals surface area contributed by atoms with E-state index in [9.17, 15) is 13.2 Å². The highest BCUT2D eigenvalue weighted by Gasteiger charge is 2.27. The second kappa shape index (κ2) is 6.99. The van der Waals surface area contributed by atoms with E-state index in [-0.39, 0.29) is 15.8 Å². The molecule has 0 bridgehead atoms. The van der Waals surface area contributed by atoms with Crippen molar-refractivity contribution in [1.29, 1.82) is 0 Å². The average molecular weight is 405 g/mol. The summed E-state index contributed by atoms with van der Waals surface area (Å²) in [5.74, 6) is 0. The van der Waals surface area contributed by atoms with E-state index in [0.29, 0.717) is 42.2 Å². The van der Waals surface area contributed by atoms with Crippen molar-refractivity contribution in [2.24, 2.45) is 0 Å². The summed E-state index contributed by atoms with van der Waals surface area (Å²) in [6, 6.07) is 12.8. The Morgan fingerprint density at radius 3 is 2.44 bits per heavy atom. The predicted molar refractivity (Wildman–Crippen MR) is 102 cm³/mol. The average Bonchev–Trinajstić information content (AvgIpc) is 3.08. The van der Waals surface area contributed by atoms with Gasteiger partial charge >= 0.3 is 6.03 Å². The van der Waals surface area contributed by atoms with Crippen LogP contribution in [0.25, 0.3) is 10.9 Å². The van der Waals surface area contributed by atoms with Crippen LogP contribution in [-0.4, -0.2) is 50.2 Å². The van der Waals surface area contributed by atoms with Gasteiger partial charge in [-0.05, 0) is 30.3 Å². The van der Waals surface area contributed by atoms with Crippen molar-refractivity contribution in [1.82, 2.24) is 9.47 Å². The molecule has 0 aliphatic carbocycles. The molecule has 140 valence electrons. The van der Waals surface area contributed by atoms with Gasteiger partial charge in [-0.25, -0.2) is 13.2 Å². The lowest BCUT2D eigenvalue weighted by Gasteiger charge is -2.27. The van der Waals surface area contributed by atoms with Crippen LogP contribution in [0.5, 0.6) is 0 Å². The fourth-order valence-corrected chi connectivity index (χ4v) is 4.82. The molecule has 8 heteroatoms. The van der Waals surface area contributed by atoms with Crippen molar-refractivity contribution in [2.75, 3.05) is 26.3 Å². The lowest BCUT2D eigenvalue weighted by molar-refractivity contribution is 0.0537. The van der Waals surface area contributed by atoms with E-state index in [1.807, 2.05) is 0 Å². The van der Waals surface area contributed by atoms with E-state index in [4.69, 9.17) is 16.3 Å². The summed E-state index contributed by atoms with van der Waals surface area (Å²) in [7, 11) is -3.80. The summed E-state index contributed by atoms with van der Waals surface area (Å²) in [6.45, 7) is 1.86. The van der Waals surface area contributed by atoms with Gasteiger partial charge in [0.05, 0.1) is 28.5 Å². The third-order valence-electron chi connectivity index (χ3n) is 4.56. The molecule has 4 rings (SSSR count). The summed E-state index contributed by atoms with van der Waals surface area (Å²) < 4.78 is 33.0. The van der Waals surface area contributed by atoms with Crippen LogP contribution in [0.1, 0.15) is 0 Å². The van der Waals surface area contributed by atoms with E-state index >= 15 is 0 Å². The molecule has 0 N–H and O–H groups in total. The Morgan fingerprint density at radius 1 is 1.04 bits per heavy atom. The minimum Gasteiger partial charge on any atom is -0.378 e. The third kappa shape index (κ3) is 3.22. The van der Waals surface area contributed by atoms with E-state index in [0.717, 1.165) is 0 Å². The Morgan fingerprint density at radius 2 is 1.74 bits per heavy atom. The second-order valence-corrected chi connectivity index (χ2v) is 8.58. The molecule has 6 nitrogen and oxygen atoms in total. The van der Waals surface area contributed by atoms with Gasteiger partial charge in [-0.3, -0.25) is 4.57 Å². The Balaban J connectivity index is 1.89. The van der Waals surface area contributed by atoms with E-state index in [1.165, 1.54) is 22.9 Å². The van der Waals surface area contributed by atoms with Gasteiger partial charge in [0.2, 0.25) is 9.84 Å². The van der Waals surface area contributed by atoms with Crippen molar-refractivity contribution >= 4 is 38.4 Å². The maximum atomic E-state index is 13.2. The minimum atomic E-state index is -3.80. The zero-order chi connectivity index (χ0) is 19.0. The number of aromatic nitrogens is 1. The fourth-order valence-electron chi connectivity index (χ4n) is 3.18. The highest BCUT2D eigenvalue weighted by Crippen LogP contribution is 2.32. The molecule has 0 atom stereocenters. The Hall–Kier alpha value is -2.35. The molecule has 2 heterocycles. The van der Waals surface area contributed by atoms with Crippen LogP contribution in [0.3, 0.4) is 0 Å².